The van der Waals surface area contributed by atoms with E-state index in [0.717, 1.165) is 5.56 Å². The molecule has 0 spiro atoms. The molecule has 1 heterocycles. The zero-order chi connectivity index (χ0) is 17.9. The standard InChI is InChI=1S/C16H16N4O4/c1-10(8-17)24-16(21)14-6-4-13(5-7-14)9-19-12(3)15(20(22)23)11(2)18-19/h4-7,10H,9H2,1-3H3/t10-/m0/s1. The van der Waals surface area contributed by atoms with Crippen molar-refractivity contribution < 1.29 is 14.5 Å². The fraction of sp³-hybridized carbons (Fsp3) is 0.312. The Kier molecular flexibility index (Phi) is 4.94. The molecule has 2 rings (SSSR count). The summed E-state index contributed by atoms with van der Waals surface area (Å²) in [6, 6.07) is 8.43. The highest BCUT2D eigenvalue weighted by atomic mass is 16.6. The lowest BCUT2D eigenvalue weighted by Gasteiger charge is -2.07. The molecule has 0 fully saturated rings. The van der Waals surface area contributed by atoms with Crippen molar-refractivity contribution in [3.05, 3.63) is 56.9 Å². The molecule has 1 aromatic carbocycles. The fourth-order valence-electron chi connectivity index (χ4n) is 2.28. The first-order valence-corrected chi connectivity index (χ1v) is 7.21. The highest BCUT2D eigenvalue weighted by Crippen LogP contribution is 2.22. The van der Waals surface area contributed by atoms with Crippen LogP contribution in [0.15, 0.2) is 24.3 Å². The molecule has 24 heavy (non-hydrogen) atoms. The minimum absolute atomic E-state index is 0.0145. The number of carbonyl (C=O) groups is 1. The van der Waals surface area contributed by atoms with Gasteiger partial charge in [0.2, 0.25) is 0 Å². The number of aromatic nitrogens is 2. The summed E-state index contributed by atoms with van der Waals surface area (Å²) >= 11 is 0. The Bertz CT molecular complexity index is 818. The Labute approximate surface area is 138 Å². The Morgan fingerprint density at radius 2 is 2.04 bits per heavy atom. The first kappa shape index (κ1) is 17.1. The van der Waals surface area contributed by atoms with Crippen LogP contribution in [0.25, 0.3) is 0 Å². The summed E-state index contributed by atoms with van der Waals surface area (Å²) in [7, 11) is 0. The molecule has 1 atom stereocenters. The lowest BCUT2D eigenvalue weighted by molar-refractivity contribution is -0.386. The van der Waals surface area contributed by atoms with Gasteiger partial charge in [0.25, 0.3) is 0 Å². The smallest absolute Gasteiger partial charge is 0.339 e. The predicted molar refractivity (Wildman–Crippen MR) is 84.4 cm³/mol. The summed E-state index contributed by atoms with van der Waals surface area (Å²) in [5.74, 6) is -0.572. The monoisotopic (exact) mass is 328 g/mol. The molecule has 0 aliphatic carbocycles. The summed E-state index contributed by atoms with van der Waals surface area (Å²) in [6.07, 6.45) is -0.813. The summed E-state index contributed by atoms with van der Waals surface area (Å²) in [5, 5.41) is 23.8. The fourth-order valence-corrected chi connectivity index (χ4v) is 2.28. The SMILES string of the molecule is Cc1nn(Cc2ccc(C(=O)O[C@@H](C)C#N)cc2)c(C)c1[N+](=O)[O-]. The van der Waals surface area contributed by atoms with Crippen molar-refractivity contribution in [2.24, 2.45) is 0 Å². The number of esters is 1. The van der Waals surface area contributed by atoms with E-state index in [0.29, 0.717) is 23.5 Å². The third-order valence-corrected chi connectivity index (χ3v) is 3.51. The average molecular weight is 328 g/mol. The summed E-state index contributed by atoms with van der Waals surface area (Å²) < 4.78 is 6.47. The van der Waals surface area contributed by atoms with Crippen LogP contribution in [0.5, 0.6) is 0 Å². The van der Waals surface area contributed by atoms with Crippen molar-refractivity contribution in [1.82, 2.24) is 9.78 Å². The Balaban J connectivity index is 2.16. The highest BCUT2D eigenvalue weighted by Gasteiger charge is 2.21. The van der Waals surface area contributed by atoms with Gasteiger partial charge in [-0.3, -0.25) is 14.8 Å². The minimum atomic E-state index is -0.813. The normalized spacial score (nSPS) is 11.6. The van der Waals surface area contributed by atoms with E-state index >= 15 is 0 Å². The van der Waals surface area contributed by atoms with Crippen LogP contribution in [0.2, 0.25) is 0 Å². The zero-order valence-electron chi connectivity index (χ0n) is 13.5. The molecule has 2 aromatic rings. The lowest BCUT2D eigenvalue weighted by atomic mass is 10.1. The van der Waals surface area contributed by atoms with Crippen LogP contribution in [0, 0.1) is 35.3 Å². The van der Waals surface area contributed by atoms with E-state index in [1.165, 1.54) is 6.92 Å². The van der Waals surface area contributed by atoms with Crippen molar-refractivity contribution in [3.8, 4) is 6.07 Å². The molecule has 0 saturated heterocycles. The second-order valence-corrected chi connectivity index (χ2v) is 5.31. The van der Waals surface area contributed by atoms with Crippen molar-refractivity contribution in [3.63, 3.8) is 0 Å². The Morgan fingerprint density at radius 3 is 2.54 bits per heavy atom. The van der Waals surface area contributed by atoms with Crippen molar-refractivity contribution >= 4 is 11.7 Å². The van der Waals surface area contributed by atoms with E-state index in [2.05, 4.69) is 5.10 Å². The number of ether oxygens (including phenoxy) is 1. The van der Waals surface area contributed by atoms with Crippen molar-refractivity contribution in [2.75, 3.05) is 0 Å². The first-order valence-electron chi connectivity index (χ1n) is 7.21. The minimum Gasteiger partial charge on any atom is -0.444 e. The van der Waals surface area contributed by atoms with Crippen molar-refractivity contribution in [1.29, 1.82) is 5.26 Å². The maximum atomic E-state index is 11.8. The number of carbonyl (C=O) groups excluding carboxylic acids is 1. The molecule has 0 saturated carbocycles. The van der Waals surface area contributed by atoms with Crippen LogP contribution in [0.4, 0.5) is 5.69 Å². The van der Waals surface area contributed by atoms with Gasteiger partial charge in [-0.05, 0) is 38.5 Å². The molecule has 0 radical (unpaired) electrons. The first-order chi connectivity index (χ1) is 11.3. The molecule has 8 nitrogen and oxygen atoms in total. The summed E-state index contributed by atoms with van der Waals surface area (Å²) in [6.45, 7) is 5.08. The third-order valence-electron chi connectivity index (χ3n) is 3.51. The predicted octanol–water partition coefficient (Wildman–Crippen LogP) is 2.53. The average Bonchev–Trinajstić information content (AvgIpc) is 2.81. The van der Waals surface area contributed by atoms with Crippen LogP contribution >= 0.6 is 0 Å². The van der Waals surface area contributed by atoms with Crippen LogP contribution < -0.4 is 0 Å². The van der Waals surface area contributed by atoms with Gasteiger partial charge in [-0.1, -0.05) is 12.1 Å². The molecule has 0 N–H and O–H groups in total. The molecule has 0 unspecified atom stereocenters. The van der Waals surface area contributed by atoms with Gasteiger partial charge < -0.3 is 4.74 Å². The molecule has 0 aliphatic heterocycles. The lowest BCUT2D eigenvalue weighted by Crippen LogP contribution is -2.13. The molecule has 1 aromatic heterocycles. The number of nitrogens with zero attached hydrogens (tertiary/aromatic N) is 4. The van der Waals surface area contributed by atoms with Crippen molar-refractivity contribution in [2.45, 2.75) is 33.4 Å². The quantitative estimate of drug-likeness (QED) is 0.473. The van der Waals surface area contributed by atoms with Gasteiger partial charge in [0.05, 0.1) is 17.0 Å². The van der Waals surface area contributed by atoms with Crippen LogP contribution in [0.1, 0.15) is 34.2 Å². The zero-order valence-corrected chi connectivity index (χ0v) is 13.5. The second kappa shape index (κ2) is 6.91. The summed E-state index contributed by atoms with van der Waals surface area (Å²) in [4.78, 5) is 22.4. The van der Waals surface area contributed by atoms with Gasteiger partial charge in [0.15, 0.2) is 6.10 Å². The molecule has 8 heteroatoms. The van der Waals surface area contributed by atoms with Crippen LogP contribution in [-0.2, 0) is 11.3 Å². The maximum absolute atomic E-state index is 11.8. The highest BCUT2D eigenvalue weighted by molar-refractivity contribution is 5.89. The maximum Gasteiger partial charge on any atom is 0.339 e. The van der Waals surface area contributed by atoms with Gasteiger partial charge in [-0.2, -0.15) is 10.4 Å². The Morgan fingerprint density at radius 1 is 1.42 bits per heavy atom. The van der Waals surface area contributed by atoms with Gasteiger partial charge in [0.1, 0.15) is 17.5 Å². The molecule has 124 valence electrons. The molecule has 0 aliphatic rings. The topological polar surface area (TPSA) is 111 Å². The molecular weight excluding hydrogens is 312 g/mol. The third kappa shape index (κ3) is 3.57. The molecule has 0 amide bonds. The van der Waals surface area contributed by atoms with Gasteiger partial charge in [0, 0.05) is 0 Å². The number of benzene rings is 1. The van der Waals surface area contributed by atoms with E-state index in [-0.39, 0.29) is 5.69 Å². The number of rotatable bonds is 5. The van der Waals surface area contributed by atoms with Gasteiger partial charge in [-0.15, -0.1) is 0 Å². The van der Waals surface area contributed by atoms with Crippen LogP contribution in [0.3, 0.4) is 0 Å². The van der Waals surface area contributed by atoms with E-state index in [9.17, 15) is 14.9 Å². The summed E-state index contributed by atoms with van der Waals surface area (Å²) in [5.41, 5.74) is 2.02. The van der Waals surface area contributed by atoms with Gasteiger partial charge >= 0.3 is 11.7 Å². The Hall–Kier alpha value is -3.21. The van der Waals surface area contributed by atoms with E-state index in [4.69, 9.17) is 10.00 Å². The molecular formula is C16H16N4O4. The molecule has 0 bridgehead atoms. The van der Waals surface area contributed by atoms with Gasteiger partial charge in [-0.25, -0.2) is 4.79 Å². The number of aryl methyl sites for hydroxylation is 1. The largest absolute Gasteiger partial charge is 0.444 e. The van der Waals surface area contributed by atoms with E-state index < -0.39 is 17.0 Å². The van der Waals surface area contributed by atoms with Crippen LogP contribution in [-0.4, -0.2) is 26.8 Å². The van der Waals surface area contributed by atoms with E-state index in [1.54, 1.807) is 42.8 Å². The second-order valence-electron chi connectivity index (χ2n) is 5.31. The number of hydrogen-bond donors (Lipinski definition) is 0. The van der Waals surface area contributed by atoms with E-state index in [1.807, 2.05) is 6.07 Å². The number of nitro groups is 1. The number of nitriles is 1. The number of hydrogen-bond acceptors (Lipinski definition) is 6.